The number of alkyl halides is 3. The Morgan fingerprint density at radius 2 is 1.76 bits per heavy atom. The van der Waals surface area contributed by atoms with Gasteiger partial charge in [0.05, 0.1) is 11.2 Å². The second-order valence-corrected chi connectivity index (χ2v) is 5.87. The molecule has 25 heavy (non-hydrogen) atoms. The van der Waals surface area contributed by atoms with Gasteiger partial charge in [0.25, 0.3) is 0 Å². The highest BCUT2D eigenvalue weighted by Gasteiger charge is 2.38. The van der Waals surface area contributed by atoms with Crippen molar-refractivity contribution in [3.8, 4) is 11.3 Å². The van der Waals surface area contributed by atoms with Crippen LogP contribution in [-0.2, 0) is 4.79 Å². The smallest absolute Gasteiger partial charge is 0.318 e. The maximum atomic E-state index is 12.4. The first-order chi connectivity index (χ1) is 11.7. The molecule has 1 amide bonds. The SMILES string of the molecule is Cc1ccc2nc(-c3ccc(NC(=O)C(F)(F)F)c(C)c3)ccc2c1. The molecule has 0 bridgehead atoms. The fourth-order valence-electron chi connectivity index (χ4n) is 2.56. The Bertz CT molecular complexity index is 965. The lowest BCUT2D eigenvalue weighted by molar-refractivity contribution is -0.167. The topological polar surface area (TPSA) is 42.0 Å². The number of nitrogens with zero attached hydrogens (tertiary/aromatic N) is 1. The van der Waals surface area contributed by atoms with Crippen molar-refractivity contribution >= 4 is 22.5 Å². The number of amides is 1. The number of hydrogen-bond acceptors (Lipinski definition) is 2. The minimum absolute atomic E-state index is 0.127. The zero-order valence-electron chi connectivity index (χ0n) is 13.6. The molecule has 3 aromatic rings. The van der Waals surface area contributed by atoms with Gasteiger partial charge in [-0.15, -0.1) is 0 Å². The summed E-state index contributed by atoms with van der Waals surface area (Å²) < 4.78 is 37.1. The van der Waals surface area contributed by atoms with Gasteiger partial charge in [0.2, 0.25) is 0 Å². The zero-order valence-corrected chi connectivity index (χ0v) is 13.6. The number of carbonyl (C=O) groups is 1. The highest BCUT2D eigenvalue weighted by atomic mass is 19.4. The number of halogens is 3. The number of carbonyl (C=O) groups excluding carboxylic acids is 1. The van der Waals surface area contributed by atoms with Crippen molar-refractivity contribution in [2.24, 2.45) is 0 Å². The van der Waals surface area contributed by atoms with E-state index in [0.29, 0.717) is 11.3 Å². The number of nitrogens with one attached hydrogen (secondary N) is 1. The van der Waals surface area contributed by atoms with Crippen LogP contribution in [0.5, 0.6) is 0 Å². The molecule has 0 saturated heterocycles. The minimum Gasteiger partial charge on any atom is -0.318 e. The van der Waals surface area contributed by atoms with E-state index in [1.54, 1.807) is 19.1 Å². The van der Waals surface area contributed by atoms with E-state index in [4.69, 9.17) is 0 Å². The molecule has 0 aliphatic carbocycles. The molecule has 6 heteroatoms. The molecule has 3 rings (SSSR count). The van der Waals surface area contributed by atoms with Crippen LogP contribution in [-0.4, -0.2) is 17.1 Å². The normalized spacial score (nSPS) is 11.6. The third-order valence-electron chi connectivity index (χ3n) is 3.87. The van der Waals surface area contributed by atoms with Gasteiger partial charge in [0.15, 0.2) is 0 Å². The van der Waals surface area contributed by atoms with Gasteiger partial charge in [-0.2, -0.15) is 13.2 Å². The van der Waals surface area contributed by atoms with Crippen LogP contribution >= 0.6 is 0 Å². The summed E-state index contributed by atoms with van der Waals surface area (Å²) in [6, 6.07) is 14.6. The maximum absolute atomic E-state index is 12.4. The first kappa shape index (κ1) is 17.0. The first-order valence-corrected chi connectivity index (χ1v) is 7.61. The Kier molecular flexibility index (Phi) is 4.20. The molecule has 0 aliphatic heterocycles. The number of benzene rings is 2. The van der Waals surface area contributed by atoms with Crippen molar-refractivity contribution in [3.05, 3.63) is 59.7 Å². The Hall–Kier alpha value is -2.89. The van der Waals surface area contributed by atoms with Gasteiger partial charge in [0, 0.05) is 16.6 Å². The molecule has 0 fully saturated rings. The number of hydrogen-bond donors (Lipinski definition) is 1. The lowest BCUT2D eigenvalue weighted by Crippen LogP contribution is -2.30. The largest absolute Gasteiger partial charge is 0.471 e. The van der Waals surface area contributed by atoms with Gasteiger partial charge < -0.3 is 5.32 Å². The van der Waals surface area contributed by atoms with E-state index in [1.807, 2.05) is 42.6 Å². The van der Waals surface area contributed by atoms with E-state index >= 15 is 0 Å². The van der Waals surface area contributed by atoms with E-state index in [0.717, 1.165) is 22.0 Å². The maximum Gasteiger partial charge on any atom is 0.471 e. The summed E-state index contributed by atoms with van der Waals surface area (Å²) in [5, 5.41) is 2.90. The molecule has 0 unspecified atom stereocenters. The Morgan fingerprint density at radius 3 is 2.44 bits per heavy atom. The van der Waals surface area contributed by atoms with E-state index in [2.05, 4.69) is 4.98 Å². The monoisotopic (exact) mass is 344 g/mol. The van der Waals surface area contributed by atoms with Crippen LogP contribution in [0.1, 0.15) is 11.1 Å². The van der Waals surface area contributed by atoms with Crippen LogP contribution in [0.3, 0.4) is 0 Å². The van der Waals surface area contributed by atoms with Gasteiger partial charge >= 0.3 is 12.1 Å². The van der Waals surface area contributed by atoms with E-state index in [1.165, 1.54) is 6.07 Å². The standard InChI is InChI=1S/C19H15F3N2O/c1-11-3-6-16-13(9-11)5-8-17(23-16)14-4-7-15(12(2)10-14)24-18(25)19(20,21)22/h3-10H,1-2H3,(H,24,25). The molecule has 0 aliphatic rings. The van der Waals surface area contributed by atoms with E-state index in [-0.39, 0.29) is 5.69 Å². The van der Waals surface area contributed by atoms with Gasteiger partial charge in [-0.1, -0.05) is 23.8 Å². The van der Waals surface area contributed by atoms with Crippen LogP contribution in [0.25, 0.3) is 22.2 Å². The first-order valence-electron chi connectivity index (χ1n) is 7.61. The average molecular weight is 344 g/mol. The summed E-state index contributed by atoms with van der Waals surface area (Å²) >= 11 is 0. The summed E-state index contributed by atoms with van der Waals surface area (Å²) in [4.78, 5) is 15.7. The van der Waals surface area contributed by atoms with Crippen LogP contribution in [0.4, 0.5) is 18.9 Å². The van der Waals surface area contributed by atoms with Crippen LogP contribution in [0.2, 0.25) is 0 Å². The van der Waals surface area contributed by atoms with Crippen molar-refractivity contribution in [3.63, 3.8) is 0 Å². The van der Waals surface area contributed by atoms with Crippen molar-refractivity contribution < 1.29 is 18.0 Å². The Balaban J connectivity index is 1.92. The second kappa shape index (κ2) is 6.20. The highest BCUT2D eigenvalue weighted by Crippen LogP contribution is 2.27. The third-order valence-corrected chi connectivity index (χ3v) is 3.87. The van der Waals surface area contributed by atoms with Crippen LogP contribution in [0, 0.1) is 13.8 Å². The molecule has 128 valence electrons. The average Bonchev–Trinajstić information content (AvgIpc) is 2.55. The predicted octanol–water partition coefficient (Wildman–Crippen LogP) is 5.02. The lowest BCUT2D eigenvalue weighted by atomic mass is 10.0. The fraction of sp³-hybridized carbons (Fsp3) is 0.158. The molecular weight excluding hydrogens is 329 g/mol. The van der Waals surface area contributed by atoms with Crippen LogP contribution in [0.15, 0.2) is 48.5 Å². The Labute approximate surface area is 142 Å². The number of fused-ring (bicyclic) bond motifs is 1. The third kappa shape index (κ3) is 3.63. The molecule has 0 atom stereocenters. The molecule has 3 nitrogen and oxygen atoms in total. The molecule has 1 N–H and O–H groups in total. The van der Waals surface area contributed by atoms with Gasteiger partial charge in [-0.3, -0.25) is 4.79 Å². The number of anilines is 1. The van der Waals surface area contributed by atoms with Gasteiger partial charge in [0.1, 0.15) is 0 Å². The number of aryl methyl sites for hydroxylation is 2. The molecule has 0 saturated carbocycles. The summed E-state index contributed by atoms with van der Waals surface area (Å²) in [6.07, 6.45) is -4.91. The summed E-state index contributed by atoms with van der Waals surface area (Å²) in [6.45, 7) is 3.64. The quantitative estimate of drug-likeness (QED) is 0.709. The van der Waals surface area contributed by atoms with Crippen molar-refractivity contribution in [1.82, 2.24) is 4.98 Å². The van der Waals surface area contributed by atoms with Crippen molar-refractivity contribution in [1.29, 1.82) is 0 Å². The van der Waals surface area contributed by atoms with E-state index < -0.39 is 12.1 Å². The Morgan fingerprint density at radius 1 is 1.00 bits per heavy atom. The number of rotatable bonds is 2. The molecular formula is C19H15F3N2O. The number of aromatic nitrogens is 1. The summed E-state index contributed by atoms with van der Waals surface area (Å²) in [5.74, 6) is -1.98. The summed E-state index contributed by atoms with van der Waals surface area (Å²) in [5.41, 5.74) is 4.12. The molecule has 2 aromatic carbocycles. The van der Waals surface area contributed by atoms with Gasteiger partial charge in [-0.05, 0) is 49.7 Å². The zero-order chi connectivity index (χ0) is 18.2. The van der Waals surface area contributed by atoms with Crippen molar-refractivity contribution in [2.45, 2.75) is 20.0 Å². The fourth-order valence-corrected chi connectivity index (χ4v) is 2.56. The highest BCUT2D eigenvalue weighted by molar-refractivity contribution is 5.95. The van der Waals surface area contributed by atoms with Crippen molar-refractivity contribution in [2.75, 3.05) is 5.32 Å². The second-order valence-electron chi connectivity index (χ2n) is 5.87. The van der Waals surface area contributed by atoms with Gasteiger partial charge in [-0.25, -0.2) is 4.98 Å². The minimum atomic E-state index is -4.91. The molecule has 1 heterocycles. The summed E-state index contributed by atoms with van der Waals surface area (Å²) in [7, 11) is 0. The van der Waals surface area contributed by atoms with Crippen LogP contribution < -0.4 is 5.32 Å². The molecule has 0 spiro atoms. The predicted molar refractivity (Wildman–Crippen MR) is 91.3 cm³/mol. The van der Waals surface area contributed by atoms with E-state index in [9.17, 15) is 18.0 Å². The molecule has 0 radical (unpaired) electrons. The number of pyridine rings is 1. The lowest BCUT2D eigenvalue weighted by Gasteiger charge is -2.12. The molecule has 1 aromatic heterocycles.